The third kappa shape index (κ3) is 4.92. The first-order chi connectivity index (χ1) is 15.5. The fraction of sp³-hybridized carbons (Fsp3) is 0.125. The number of para-hydroxylation sites is 1. The second kappa shape index (κ2) is 9.57. The Morgan fingerprint density at radius 3 is 2.50 bits per heavy atom. The number of nitro benzene ring substituents is 1. The molecule has 0 spiro atoms. The largest absolute Gasteiger partial charge is 0.273 e. The van der Waals surface area contributed by atoms with Gasteiger partial charge in [-0.2, -0.15) is 5.10 Å². The van der Waals surface area contributed by atoms with Crippen molar-refractivity contribution in [2.45, 2.75) is 18.6 Å². The summed E-state index contributed by atoms with van der Waals surface area (Å²) in [6.45, 7) is 2.03. The number of benzene rings is 3. The average molecular weight is 445 g/mol. The van der Waals surface area contributed by atoms with Crippen LogP contribution >= 0.6 is 11.8 Å². The van der Waals surface area contributed by atoms with Gasteiger partial charge in [0.2, 0.25) is 5.91 Å². The molecule has 4 rings (SSSR count). The zero-order chi connectivity index (χ0) is 22.5. The molecule has 1 amide bonds. The minimum absolute atomic E-state index is 0.0136. The average Bonchev–Trinajstić information content (AvgIpc) is 3.09. The molecule has 3 aromatic rings. The monoisotopic (exact) mass is 444 g/mol. The van der Waals surface area contributed by atoms with Crippen LogP contribution < -0.4 is 4.90 Å². The maximum absolute atomic E-state index is 13.2. The Morgan fingerprint density at radius 2 is 1.81 bits per heavy atom. The number of carbonyl (C=O) groups excluding carboxylic acids is 1. The standard InChI is InChI=1S/C24H20N4O3S/c1-17-6-5-7-19(14-17)15-22-23(29)27(20-8-3-2-4-9-20)24(32-22)26-25-16-18-10-12-21(13-11-18)28(30)31/h2-14,16,22H,15H2,1H3/b25-16-,26-24-/t22-/m1/s1. The Hall–Kier alpha value is -3.78. The number of nitro groups is 1. The summed E-state index contributed by atoms with van der Waals surface area (Å²) in [6.07, 6.45) is 2.11. The van der Waals surface area contributed by atoms with Gasteiger partial charge in [0.1, 0.15) is 0 Å². The quantitative estimate of drug-likeness (QED) is 0.305. The van der Waals surface area contributed by atoms with Crippen LogP contribution in [0.5, 0.6) is 0 Å². The van der Waals surface area contributed by atoms with Gasteiger partial charge in [-0.3, -0.25) is 19.8 Å². The number of aryl methyl sites for hydroxylation is 1. The topological polar surface area (TPSA) is 88.2 Å². The summed E-state index contributed by atoms with van der Waals surface area (Å²) in [6, 6.07) is 23.5. The summed E-state index contributed by atoms with van der Waals surface area (Å²) in [5, 5.41) is 19.4. The molecule has 0 saturated carbocycles. The maximum atomic E-state index is 13.2. The fourth-order valence-corrected chi connectivity index (χ4v) is 4.49. The number of thioether (sulfide) groups is 1. The van der Waals surface area contributed by atoms with Gasteiger partial charge in [0, 0.05) is 12.1 Å². The minimum Gasteiger partial charge on any atom is -0.273 e. The Morgan fingerprint density at radius 1 is 1.06 bits per heavy atom. The van der Waals surface area contributed by atoms with Gasteiger partial charge in [0.25, 0.3) is 5.69 Å². The lowest BCUT2D eigenvalue weighted by atomic mass is 10.1. The van der Waals surface area contributed by atoms with Gasteiger partial charge in [-0.25, -0.2) is 0 Å². The summed E-state index contributed by atoms with van der Waals surface area (Å²) >= 11 is 1.39. The van der Waals surface area contributed by atoms with Gasteiger partial charge >= 0.3 is 0 Å². The highest BCUT2D eigenvalue weighted by Gasteiger charge is 2.39. The molecular weight excluding hydrogens is 424 g/mol. The van der Waals surface area contributed by atoms with Crippen LogP contribution in [0.3, 0.4) is 0 Å². The third-order valence-corrected chi connectivity index (χ3v) is 6.03. The second-order valence-corrected chi connectivity index (χ2v) is 8.45. The van der Waals surface area contributed by atoms with Crippen molar-refractivity contribution in [2.24, 2.45) is 10.2 Å². The molecule has 1 saturated heterocycles. The molecular formula is C24H20N4O3S. The van der Waals surface area contributed by atoms with E-state index in [1.807, 2.05) is 55.5 Å². The van der Waals surface area contributed by atoms with Crippen LogP contribution in [0.1, 0.15) is 16.7 Å². The van der Waals surface area contributed by atoms with E-state index in [2.05, 4.69) is 16.3 Å². The molecule has 0 unspecified atom stereocenters. The van der Waals surface area contributed by atoms with E-state index in [0.717, 1.165) is 16.8 Å². The van der Waals surface area contributed by atoms with E-state index in [4.69, 9.17) is 0 Å². The van der Waals surface area contributed by atoms with Crippen LogP contribution in [0.15, 0.2) is 89.1 Å². The Balaban J connectivity index is 1.58. The first kappa shape index (κ1) is 21.5. The van der Waals surface area contributed by atoms with E-state index >= 15 is 0 Å². The number of rotatable bonds is 6. The number of carbonyl (C=O) groups is 1. The lowest BCUT2D eigenvalue weighted by Crippen LogP contribution is -2.32. The third-order valence-electron chi connectivity index (χ3n) is 4.91. The van der Waals surface area contributed by atoms with Crippen molar-refractivity contribution in [3.8, 4) is 0 Å². The molecule has 8 heteroatoms. The van der Waals surface area contributed by atoms with Gasteiger partial charge < -0.3 is 0 Å². The number of amides is 1. The normalized spacial score (nSPS) is 17.4. The molecule has 0 radical (unpaired) electrons. The Bertz CT molecular complexity index is 1190. The van der Waals surface area contributed by atoms with Crippen molar-refractivity contribution in [2.75, 3.05) is 4.90 Å². The molecule has 7 nitrogen and oxygen atoms in total. The van der Waals surface area contributed by atoms with Crippen LogP contribution in [0.2, 0.25) is 0 Å². The van der Waals surface area contributed by atoms with E-state index in [-0.39, 0.29) is 16.8 Å². The molecule has 1 fully saturated rings. The molecule has 1 aliphatic heterocycles. The van der Waals surface area contributed by atoms with E-state index in [9.17, 15) is 14.9 Å². The van der Waals surface area contributed by atoms with Crippen molar-refractivity contribution < 1.29 is 9.72 Å². The van der Waals surface area contributed by atoms with E-state index < -0.39 is 4.92 Å². The number of hydrogen-bond donors (Lipinski definition) is 0. The first-order valence-corrected chi connectivity index (χ1v) is 10.9. The van der Waals surface area contributed by atoms with Crippen molar-refractivity contribution in [1.29, 1.82) is 0 Å². The smallest absolute Gasteiger partial charge is 0.269 e. The fourth-order valence-electron chi connectivity index (χ4n) is 3.36. The zero-order valence-corrected chi connectivity index (χ0v) is 18.1. The highest BCUT2D eigenvalue weighted by molar-refractivity contribution is 8.16. The Labute approximate surface area is 189 Å². The molecule has 0 aliphatic carbocycles. The molecule has 0 bridgehead atoms. The second-order valence-electron chi connectivity index (χ2n) is 7.28. The summed E-state index contributed by atoms with van der Waals surface area (Å²) in [7, 11) is 0. The Kier molecular flexibility index (Phi) is 6.42. The number of nitrogens with zero attached hydrogens (tertiary/aromatic N) is 4. The highest BCUT2D eigenvalue weighted by atomic mass is 32.2. The van der Waals surface area contributed by atoms with Crippen LogP contribution in [0.25, 0.3) is 0 Å². The molecule has 1 aliphatic rings. The summed E-state index contributed by atoms with van der Waals surface area (Å²) < 4.78 is 0. The van der Waals surface area contributed by atoms with Crippen molar-refractivity contribution >= 4 is 40.4 Å². The van der Waals surface area contributed by atoms with Gasteiger partial charge in [0.05, 0.1) is 22.1 Å². The zero-order valence-electron chi connectivity index (χ0n) is 17.3. The highest BCUT2D eigenvalue weighted by Crippen LogP contribution is 2.34. The number of anilines is 1. The van der Waals surface area contributed by atoms with Gasteiger partial charge in [-0.15, -0.1) is 5.10 Å². The molecule has 160 valence electrons. The van der Waals surface area contributed by atoms with Gasteiger partial charge in [-0.1, -0.05) is 59.8 Å². The molecule has 1 heterocycles. The minimum atomic E-state index is -0.450. The van der Waals surface area contributed by atoms with E-state index in [0.29, 0.717) is 17.2 Å². The maximum Gasteiger partial charge on any atom is 0.269 e. The molecule has 32 heavy (non-hydrogen) atoms. The first-order valence-electron chi connectivity index (χ1n) is 9.98. The van der Waals surface area contributed by atoms with Crippen LogP contribution in [-0.2, 0) is 11.2 Å². The lowest BCUT2D eigenvalue weighted by Gasteiger charge is -2.15. The molecule has 1 atom stereocenters. The predicted octanol–water partition coefficient (Wildman–Crippen LogP) is 4.98. The summed E-state index contributed by atoms with van der Waals surface area (Å²) in [4.78, 5) is 25.2. The van der Waals surface area contributed by atoms with Gasteiger partial charge in [-0.05, 0) is 48.7 Å². The van der Waals surface area contributed by atoms with Crippen molar-refractivity contribution in [3.63, 3.8) is 0 Å². The molecule has 0 aromatic heterocycles. The number of hydrogen-bond acceptors (Lipinski definition) is 6. The predicted molar refractivity (Wildman–Crippen MR) is 128 cm³/mol. The molecule has 3 aromatic carbocycles. The van der Waals surface area contributed by atoms with Crippen molar-refractivity contribution in [3.05, 3.63) is 106 Å². The molecule has 0 N–H and O–H groups in total. The van der Waals surface area contributed by atoms with E-state index in [1.54, 1.807) is 17.0 Å². The van der Waals surface area contributed by atoms with Gasteiger partial charge in [0.15, 0.2) is 5.17 Å². The van der Waals surface area contributed by atoms with E-state index in [1.165, 1.54) is 30.1 Å². The van der Waals surface area contributed by atoms with Crippen LogP contribution in [0, 0.1) is 17.0 Å². The summed E-state index contributed by atoms with van der Waals surface area (Å²) in [5.41, 5.74) is 3.68. The van der Waals surface area contributed by atoms with Crippen molar-refractivity contribution in [1.82, 2.24) is 0 Å². The SMILES string of the molecule is Cc1cccc(C[C@H]2S/C(=N\N=C/c3ccc([N+](=O)[O-])cc3)N(c3ccccc3)C2=O)c1. The number of amidine groups is 1. The lowest BCUT2D eigenvalue weighted by molar-refractivity contribution is -0.384. The van der Waals surface area contributed by atoms with Crippen LogP contribution in [-0.4, -0.2) is 27.5 Å². The summed E-state index contributed by atoms with van der Waals surface area (Å²) in [5.74, 6) is -0.0352. The number of non-ortho nitro benzene ring substituents is 1. The van der Waals surface area contributed by atoms with Crippen LogP contribution in [0.4, 0.5) is 11.4 Å².